The van der Waals surface area contributed by atoms with Crippen LogP contribution in [0.4, 0.5) is 5.00 Å². The predicted octanol–water partition coefficient (Wildman–Crippen LogP) is 1.91. The number of hydrogen-bond acceptors (Lipinski definition) is 5. The Morgan fingerprint density at radius 3 is 2.94 bits per heavy atom. The number of thiazole rings is 1. The molecule has 5 nitrogen and oxygen atoms in total. The highest BCUT2D eigenvalue weighted by Gasteiger charge is 2.29. The van der Waals surface area contributed by atoms with Crippen LogP contribution in [-0.2, 0) is 14.6 Å². The topological polar surface area (TPSA) is 76.1 Å². The normalized spacial score (nSPS) is 15.3. The molecular weight excluding hydrogens is 272 g/mol. The fraction of sp³-hybridized carbons (Fsp3) is 0.455. The smallest absolute Gasteiger partial charge is 0.226 e. The van der Waals surface area contributed by atoms with Crippen molar-refractivity contribution in [2.24, 2.45) is 0 Å². The first-order valence-electron chi connectivity index (χ1n) is 5.60. The Bertz CT molecular complexity index is 559. The minimum absolute atomic E-state index is 0.0592. The zero-order valence-corrected chi connectivity index (χ0v) is 11.4. The summed E-state index contributed by atoms with van der Waals surface area (Å²) >= 11 is 1.37. The molecule has 18 heavy (non-hydrogen) atoms. The number of nitrogens with one attached hydrogen (secondary N) is 1. The Morgan fingerprint density at radius 1 is 1.61 bits per heavy atom. The monoisotopic (exact) mass is 286 g/mol. The highest BCUT2D eigenvalue weighted by Crippen LogP contribution is 2.43. The van der Waals surface area contributed by atoms with Crippen molar-refractivity contribution < 1.29 is 13.2 Å². The number of nitrogens with zero attached hydrogens (tertiary/aromatic N) is 1. The number of amides is 1. The van der Waals surface area contributed by atoms with Gasteiger partial charge in [-0.2, -0.15) is 0 Å². The third-order valence-electron chi connectivity index (χ3n) is 2.68. The number of anilines is 1. The number of sulfone groups is 1. The second-order valence-corrected chi connectivity index (χ2v) is 7.09. The molecule has 1 aliphatic rings. The van der Waals surface area contributed by atoms with Crippen LogP contribution in [0.5, 0.6) is 0 Å². The van der Waals surface area contributed by atoms with Crippen molar-refractivity contribution in [3.05, 3.63) is 23.2 Å². The van der Waals surface area contributed by atoms with Crippen LogP contribution in [0.3, 0.4) is 0 Å². The molecule has 1 aromatic rings. The molecule has 0 unspecified atom stereocenters. The van der Waals surface area contributed by atoms with Crippen molar-refractivity contribution in [2.75, 3.05) is 11.1 Å². The molecule has 0 bridgehead atoms. The van der Waals surface area contributed by atoms with Crippen molar-refractivity contribution in [1.29, 1.82) is 0 Å². The summed E-state index contributed by atoms with van der Waals surface area (Å²) in [7, 11) is -3.32. The summed E-state index contributed by atoms with van der Waals surface area (Å²) in [6.07, 6.45) is 2.16. The highest BCUT2D eigenvalue weighted by molar-refractivity contribution is 7.94. The van der Waals surface area contributed by atoms with Gasteiger partial charge in [-0.05, 0) is 12.8 Å². The SMILES string of the molecule is C=CS(=O)(=O)CCC(=O)Nc1scnc1C1CC1. The zero-order chi connectivity index (χ0) is 13.2. The maximum atomic E-state index is 11.6. The second kappa shape index (κ2) is 5.19. The molecule has 0 spiro atoms. The molecule has 1 heterocycles. The summed E-state index contributed by atoms with van der Waals surface area (Å²) in [6, 6.07) is 0. The summed E-state index contributed by atoms with van der Waals surface area (Å²) in [5.74, 6) is -0.0464. The van der Waals surface area contributed by atoms with E-state index < -0.39 is 9.84 Å². The van der Waals surface area contributed by atoms with Gasteiger partial charge in [0.05, 0.1) is 17.0 Å². The molecular formula is C11H14N2O3S2. The molecule has 0 saturated heterocycles. The van der Waals surface area contributed by atoms with Crippen LogP contribution in [0.15, 0.2) is 17.5 Å². The maximum absolute atomic E-state index is 11.6. The lowest BCUT2D eigenvalue weighted by molar-refractivity contribution is -0.115. The molecule has 98 valence electrons. The minimum Gasteiger partial charge on any atom is -0.316 e. The molecule has 0 atom stereocenters. The van der Waals surface area contributed by atoms with E-state index in [4.69, 9.17) is 0 Å². The Kier molecular flexibility index (Phi) is 3.82. The van der Waals surface area contributed by atoms with Gasteiger partial charge in [0.2, 0.25) is 5.91 Å². The number of rotatable bonds is 6. The van der Waals surface area contributed by atoms with E-state index in [1.807, 2.05) is 0 Å². The van der Waals surface area contributed by atoms with E-state index in [0.717, 1.165) is 28.9 Å². The number of aromatic nitrogens is 1. The Morgan fingerprint density at radius 2 is 2.33 bits per heavy atom. The van der Waals surface area contributed by atoms with Gasteiger partial charge in [0.15, 0.2) is 9.84 Å². The second-order valence-electron chi connectivity index (χ2n) is 4.17. The minimum atomic E-state index is -3.32. The van der Waals surface area contributed by atoms with E-state index in [-0.39, 0.29) is 18.1 Å². The zero-order valence-electron chi connectivity index (χ0n) is 9.76. The molecule has 1 saturated carbocycles. The van der Waals surface area contributed by atoms with Crippen molar-refractivity contribution >= 4 is 32.1 Å². The predicted molar refractivity (Wildman–Crippen MR) is 71.3 cm³/mol. The van der Waals surface area contributed by atoms with E-state index in [1.54, 1.807) is 5.51 Å². The van der Waals surface area contributed by atoms with Crippen LogP contribution in [0, 0.1) is 0 Å². The number of carbonyl (C=O) groups is 1. The molecule has 1 aliphatic carbocycles. The summed E-state index contributed by atoms with van der Waals surface area (Å²) in [6.45, 7) is 3.20. The van der Waals surface area contributed by atoms with E-state index in [0.29, 0.717) is 5.92 Å². The molecule has 1 N–H and O–H groups in total. The Hall–Kier alpha value is -1.21. The van der Waals surface area contributed by atoms with Gasteiger partial charge in [-0.3, -0.25) is 4.79 Å². The maximum Gasteiger partial charge on any atom is 0.226 e. The van der Waals surface area contributed by atoms with Crippen LogP contribution >= 0.6 is 11.3 Å². The molecule has 7 heteroatoms. The van der Waals surface area contributed by atoms with Crippen LogP contribution in [0.1, 0.15) is 30.9 Å². The Balaban J connectivity index is 1.91. The first kappa shape index (κ1) is 13.2. The van der Waals surface area contributed by atoms with E-state index in [1.165, 1.54) is 11.3 Å². The van der Waals surface area contributed by atoms with Crippen molar-refractivity contribution in [1.82, 2.24) is 4.98 Å². The van der Waals surface area contributed by atoms with E-state index in [2.05, 4.69) is 16.9 Å². The van der Waals surface area contributed by atoms with Gasteiger partial charge in [-0.15, -0.1) is 11.3 Å². The van der Waals surface area contributed by atoms with Crippen LogP contribution in [-0.4, -0.2) is 25.1 Å². The van der Waals surface area contributed by atoms with Gasteiger partial charge in [-0.25, -0.2) is 13.4 Å². The average Bonchev–Trinajstić information content (AvgIpc) is 3.08. The summed E-state index contributed by atoms with van der Waals surface area (Å²) < 4.78 is 22.4. The molecule has 1 fully saturated rings. The van der Waals surface area contributed by atoms with Crippen molar-refractivity contribution in [3.8, 4) is 0 Å². The lowest BCUT2D eigenvalue weighted by Crippen LogP contribution is -2.16. The fourth-order valence-electron chi connectivity index (χ4n) is 1.50. The third kappa shape index (κ3) is 3.39. The van der Waals surface area contributed by atoms with Crippen molar-refractivity contribution in [3.63, 3.8) is 0 Å². The summed E-state index contributed by atoms with van der Waals surface area (Å²) in [5, 5.41) is 4.35. The molecule has 0 aliphatic heterocycles. The molecule has 2 rings (SSSR count). The lowest BCUT2D eigenvalue weighted by atomic mass is 10.3. The first-order valence-corrected chi connectivity index (χ1v) is 8.20. The molecule has 0 radical (unpaired) electrons. The number of hydrogen-bond donors (Lipinski definition) is 1. The Labute approximate surface area is 110 Å². The van der Waals surface area contributed by atoms with Gasteiger partial charge in [0, 0.05) is 17.7 Å². The highest BCUT2D eigenvalue weighted by atomic mass is 32.2. The molecule has 0 aromatic carbocycles. The molecule has 1 aromatic heterocycles. The average molecular weight is 286 g/mol. The quantitative estimate of drug-likeness (QED) is 0.866. The van der Waals surface area contributed by atoms with E-state index >= 15 is 0 Å². The van der Waals surface area contributed by atoms with Crippen LogP contribution < -0.4 is 5.32 Å². The van der Waals surface area contributed by atoms with Crippen LogP contribution in [0.25, 0.3) is 0 Å². The van der Waals surface area contributed by atoms with Crippen molar-refractivity contribution in [2.45, 2.75) is 25.2 Å². The van der Waals surface area contributed by atoms with Gasteiger partial charge in [0.1, 0.15) is 5.00 Å². The fourth-order valence-corrected chi connectivity index (χ4v) is 2.92. The molecule has 1 amide bonds. The third-order valence-corrected chi connectivity index (χ3v) is 4.72. The lowest BCUT2D eigenvalue weighted by Gasteiger charge is -2.04. The number of carbonyl (C=O) groups excluding carboxylic acids is 1. The van der Waals surface area contributed by atoms with Gasteiger partial charge in [0.25, 0.3) is 0 Å². The summed E-state index contributed by atoms with van der Waals surface area (Å²) in [4.78, 5) is 15.9. The standard InChI is InChI=1S/C11H14N2O3S2/c1-2-18(15,16)6-5-9(14)13-11-10(8-3-4-8)12-7-17-11/h2,7-8H,1,3-6H2,(H,13,14). The largest absolute Gasteiger partial charge is 0.316 e. The van der Waals surface area contributed by atoms with E-state index in [9.17, 15) is 13.2 Å². The van der Waals surface area contributed by atoms with Gasteiger partial charge >= 0.3 is 0 Å². The first-order chi connectivity index (χ1) is 8.52. The van der Waals surface area contributed by atoms with Crippen LogP contribution in [0.2, 0.25) is 0 Å². The summed E-state index contributed by atoms with van der Waals surface area (Å²) in [5.41, 5.74) is 2.63. The van der Waals surface area contributed by atoms with Gasteiger partial charge < -0.3 is 5.32 Å². The van der Waals surface area contributed by atoms with Gasteiger partial charge in [-0.1, -0.05) is 6.58 Å².